The minimum atomic E-state index is -0.422. The minimum absolute atomic E-state index is 0.0744. The van der Waals surface area contributed by atoms with E-state index in [1.807, 2.05) is 31.2 Å². The van der Waals surface area contributed by atoms with Gasteiger partial charge >= 0.3 is 0 Å². The van der Waals surface area contributed by atoms with Gasteiger partial charge in [-0.2, -0.15) is 0 Å². The molecule has 0 aliphatic carbocycles. The lowest BCUT2D eigenvalue weighted by atomic mass is 10.1. The van der Waals surface area contributed by atoms with Crippen molar-refractivity contribution in [2.24, 2.45) is 0 Å². The van der Waals surface area contributed by atoms with Gasteiger partial charge in [-0.3, -0.25) is 9.59 Å². The molecule has 2 atom stereocenters. The fraction of sp³-hybridized carbons (Fsp3) is 0.375. The summed E-state index contributed by atoms with van der Waals surface area (Å²) >= 11 is 0. The van der Waals surface area contributed by atoms with Crippen molar-refractivity contribution >= 4 is 11.8 Å². The second kappa shape index (κ2) is 6.91. The Kier molecular flexibility index (Phi) is 4.96. The Labute approximate surface area is 123 Å². The van der Waals surface area contributed by atoms with Crippen LogP contribution in [0, 0.1) is 11.8 Å². The molecule has 110 valence electrons. The van der Waals surface area contributed by atoms with Crippen LogP contribution in [0.4, 0.5) is 0 Å². The van der Waals surface area contributed by atoms with Crippen molar-refractivity contribution in [3.8, 4) is 11.8 Å². The number of carbonyl (C=O) groups is 2. The number of aliphatic hydroxyl groups is 1. The highest BCUT2D eigenvalue weighted by atomic mass is 16.2. The maximum Gasteiger partial charge on any atom is 0.243 e. The third-order valence-electron chi connectivity index (χ3n) is 3.39. The second-order valence-electron chi connectivity index (χ2n) is 4.97. The average molecular weight is 286 g/mol. The lowest BCUT2D eigenvalue weighted by Crippen LogP contribution is -2.42. The minimum Gasteiger partial charge on any atom is -0.384 e. The molecule has 2 unspecified atom stereocenters. The van der Waals surface area contributed by atoms with Gasteiger partial charge in [0.25, 0.3) is 0 Å². The van der Waals surface area contributed by atoms with Crippen molar-refractivity contribution in [3.05, 3.63) is 35.4 Å². The molecule has 5 heteroatoms. The van der Waals surface area contributed by atoms with Gasteiger partial charge in [-0.25, -0.2) is 0 Å². The van der Waals surface area contributed by atoms with Crippen molar-refractivity contribution in [2.45, 2.75) is 31.8 Å². The van der Waals surface area contributed by atoms with Crippen molar-refractivity contribution in [2.75, 3.05) is 6.61 Å². The standard InChI is InChI=1S/C16H18N2O3/c1-11(17-16(21)14-8-9-15(20)18-14)13-6-4-12(5-7-13)3-2-10-19/h4-7,11,14,19H,8-10H2,1H3,(H,17,21)(H,18,20). The van der Waals surface area contributed by atoms with Crippen LogP contribution in [0.1, 0.15) is 36.9 Å². The number of hydrogen-bond donors (Lipinski definition) is 3. The Bertz CT molecular complexity index is 584. The highest BCUT2D eigenvalue weighted by Gasteiger charge is 2.27. The van der Waals surface area contributed by atoms with Crippen LogP contribution in [0.3, 0.4) is 0 Å². The van der Waals surface area contributed by atoms with E-state index in [4.69, 9.17) is 5.11 Å². The summed E-state index contributed by atoms with van der Waals surface area (Å²) in [5.74, 6) is 5.17. The maximum atomic E-state index is 12.0. The number of hydrogen-bond acceptors (Lipinski definition) is 3. The first kappa shape index (κ1) is 15.1. The zero-order chi connectivity index (χ0) is 15.2. The van der Waals surface area contributed by atoms with Gasteiger partial charge in [-0.1, -0.05) is 24.0 Å². The topological polar surface area (TPSA) is 78.4 Å². The predicted octanol–water partition coefficient (Wildman–Crippen LogP) is 0.486. The molecule has 2 rings (SSSR count). The van der Waals surface area contributed by atoms with E-state index in [1.165, 1.54) is 0 Å². The normalized spacial score (nSPS) is 18.4. The average Bonchev–Trinajstić information content (AvgIpc) is 2.92. The first-order valence-corrected chi connectivity index (χ1v) is 6.89. The molecular weight excluding hydrogens is 268 g/mol. The summed E-state index contributed by atoms with van der Waals surface area (Å²) in [6, 6.07) is 6.90. The quantitative estimate of drug-likeness (QED) is 0.707. The molecule has 1 aliphatic rings. The van der Waals surface area contributed by atoms with Gasteiger partial charge in [0.2, 0.25) is 11.8 Å². The zero-order valence-corrected chi connectivity index (χ0v) is 11.8. The highest BCUT2D eigenvalue weighted by molar-refractivity contribution is 5.90. The summed E-state index contributed by atoms with van der Waals surface area (Å²) < 4.78 is 0. The fourth-order valence-corrected chi connectivity index (χ4v) is 2.20. The Balaban J connectivity index is 1.95. The Hall–Kier alpha value is -2.32. The molecule has 0 radical (unpaired) electrons. The lowest BCUT2D eigenvalue weighted by molar-refractivity contribution is -0.126. The molecule has 1 heterocycles. The predicted molar refractivity (Wildman–Crippen MR) is 78.1 cm³/mol. The van der Waals surface area contributed by atoms with Gasteiger partial charge in [-0.05, 0) is 31.0 Å². The molecule has 0 saturated carbocycles. The summed E-state index contributed by atoms with van der Waals surface area (Å²) in [5, 5.41) is 14.2. The number of benzene rings is 1. The highest BCUT2D eigenvalue weighted by Crippen LogP contribution is 2.14. The molecule has 1 fully saturated rings. The maximum absolute atomic E-state index is 12.0. The Morgan fingerprint density at radius 3 is 2.76 bits per heavy atom. The molecule has 2 amide bonds. The van der Waals surface area contributed by atoms with Crippen molar-refractivity contribution in [1.29, 1.82) is 0 Å². The molecule has 3 N–H and O–H groups in total. The fourth-order valence-electron chi connectivity index (χ4n) is 2.20. The zero-order valence-electron chi connectivity index (χ0n) is 11.8. The van der Waals surface area contributed by atoms with Crippen molar-refractivity contribution < 1.29 is 14.7 Å². The van der Waals surface area contributed by atoms with Crippen LogP contribution >= 0.6 is 0 Å². The molecule has 21 heavy (non-hydrogen) atoms. The van der Waals surface area contributed by atoms with Crippen LogP contribution < -0.4 is 10.6 Å². The van der Waals surface area contributed by atoms with Crippen LogP contribution in [-0.4, -0.2) is 29.6 Å². The smallest absolute Gasteiger partial charge is 0.243 e. The lowest BCUT2D eigenvalue weighted by Gasteiger charge is -2.17. The molecule has 0 aromatic heterocycles. The molecular formula is C16H18N2O3. The molecule has 1 aromatic carbocycles. The van der Waals surface area contributed by atoms with Gasteiger partial charge in [0.05, 0.1) is 6.04 Å². The van der Waals surface area contributed by atoms with E-state index in [0.29, 0.717) is 12.8 Å². The third kappa shape index (κ3) is 4.07. The van der Waals surface area contributed by atoms with Crippen molar-refractivity contribution in [1.82, 2.24) is 10.6 Å². The summed E-state index contributed by atoms with van der Waals surface area (Å²) in [4.78, 5) is 23.1. The van der Waals surface area contributed by atoms with E-state index in [2.05, 4.69) is 22.5 Å². The third-order valence-corrected chi connectivity index (χ3v) is 3.39. The molecule has 0 bridgehead atoms. The van der Waals surface area contributed by atoms with Crippen molar-refractivity contribution in [3.63, 3.8) is 0 Å². The van der Waals surface area contributed by atoms with E-state index in [1.54, 1.807) is 0 Å². The van der Waals surface area contributed by atoms with Gasteiger partial charge in [-0.15, -0.1) is 0 Å². The summed E-state index contributed by atoms with van der Waals surface area (Å²) in [6.07, 6.45) is 0.956. The molecule has 1 aromatic rings. The molecule has 5 nitrogen and oxygen atoms in total. The monoisotopic (exact) mass is 286 g/mol. The van der Waals surface area contributed by atoms with Gasteiger partial charge < -0.3 is 15.7 Å². The molecule has 1 saturated heterocycles. The Morgan fingerprint density at radius 2 is 2.19 bits per heavy atom. The van der Waals surface area contributed by atoms with Crippen LogP contribution in [0.15, 0.2) is 24.3 Å². The SMILES string of the molecule is CC(NC(=O)C1CCC(=O)N1)c1ccc(C#CCO)cc1. The molecule has 1 aliphatic heterocycles. The second-order valence-corrected chi connectivity index (χ2v) is 4.97. The summed E-state index contributed by atoms with van der Waals surface area (Å²) in [5.41, 5.74) is 1.77. The largest absolute Gasteiger partial charge is 0.384 e. The number of carbonyl (C=O) groups excluding carboxylic acids is 2. The van der Waals surface area contributed by atoms with E-state index in [-0.39, 0.29) is 24.5 Å². The summed E-state index contributed by atoms with van der Waals surface area (Å²) in [7, 11) is 0. The van der Waals surface area contributed by atoms with Crippen LogP contribution in [-0.2, 0) is 9.59 Å². The first-order valence-electron chi connectivity index (χ1n) is 6.89. The van der Waals surface area contributed by atoms with Crippen LogP contribution in [0.25, 0.3) is 0 Å². The van der Waals surface area contributed by atoms with E-state index in [9.17, 15) is 9.59 Å². The van der Waals surface area contributed by atoms with E-state index < -0.39 is 6.04 Å². The van der Waals surface area contributed by atoms with Crippen LogP contribution in [0.2, 0.25) is 0 Å². The van der Waals surface area contributed by atoms with E-state index >= 15 is 0 Å². The number of amides is 2. The number of nitrogens with one attached hydrogen (secondary N) is 2. The number of aliphatic hydroxyl groups excluding tert-OH is 1. The van der Waals surface area contributed by atoms with Gasteiger partial charge in [0.1, 0.15) is 12.6 Å². The van der Waals surface area contributed by atoms with Crippen LogP contribution in [0.5, 0.6) is 0 Å². The Morgan fingerprint density at radius 1 is 1.48 bits per heavy atom. The first-order chi connectivity index (χ1) is 10.1. The van der Waals surface area contributed by atoms with E-state index in [0.717, 1.165) is 11.1 Å². The van der Waals surface area contributed by atoms with Gasteiger partial charge in [0.15, 0.2) is 0 Å². The van der Waals surface area contributed by atoms with Gasteiger partial charge in [0, 0.05) is 12.0 Å². The summed E-state index contributed by atoms with van der Waals surface area (Å²) in [6.45, 7) is 1.73. The molecule has 0 spiro atoms. The number of rotatable bonds is 3.